The maximum atomic E-state index is 9.57. The molecule has 0 aromatic heterocycles. The predicted molar refractivity (Wildman–Crippen MR) is 50.8 cm³/mol. The van der Waals surface area contributed by atoms with Gasteiger partial charge in [-0.2, -0.15) is 0 Å². The van der Waals surface area contributed by atoms with Gasteiger partial charge in [0.25, 0.3) is 0 Å². The zero-order valence-electron chi connectivity index (χ0n) is 7.53. The number of aliphatic hydroxyl groups excluding tert-OH is 1. The van der Waals surface area contributed by atoms with E-state index in [2.05, 4.69) is 0 Å². The van der Waals surface area contributed by atoms with Crippen LogP contribution in [0.5, 0.6) is 0 Å². The van der Waals surface area contributed by atoms with Crippen molar-refractivity contribution in [2.45, 2.75) is 13.0 Å². The van der Waals surface area contributed by atoms with Gasteiger partial charge in [-0.05, 0) is 12.5 Å². The van der Waals surface area contributed by atoms with Crippen molar-refractivity contribution in [3.05, 3.63) is 35.9 Å². The minimum absolute atomic E-state index is 0.103. The Bertz CT molecular complexity index is 272. The molecular weight excluding hydrogens is 166 g/mol. The van der Waals surface area contributed by atoms with Crippen LogP contribution >= 0.6 is 0 Å². The molecule has 0 amide bonds. The summed E-state index contributed by atoms with van der Waals surface area (Å²) in [6.07, 6.45) is -0.943. The largest absolute Gasteiger partial charge is 0.479 e. The SMILES string of the molecule is CCOC(=N)[C@H](O)c1ccccc1. The molecule has 70 valence electrons. The van der Waals surface area contributed by atoms with Crippen LogP contribution in [0.3, 0.4) is 0 Å². The van der Waals surface area contributed by atoms with Crippen molar-refractivity contribution in [1.29, 1.82) is 5.41 Å². The average Bonchev–Trinajstić information content (AvgIpc) is 2.18. The fraction of sp³-hybridized carbons (Fsp3) is 0.300. The summed E-state index contributed by atoms with van der Waals surface area (Å²) < 4.78 is 4.89. The van der Waals surface area contributed by atoms with E-state index in [9.17, 15) is 5.11 Å². The number of ether oxygens (including phenoxy) is 1. The molecule has 13 heavy (non-hydrogen) atoms. The standard InChI is InChI=1S/C10H13NO2/c1-2-13-10(11)9(12)8-6-4-3-5-7-8/h3-7,9,11-12H,2H2,1H3/t9-/m1/s1. The van der Waals surface area contributed by atoms with Gasteiger partial charge in [-0.3, -0.25) is 5.41 Å². The topological polar surface area (TPSA) is 53.3 Å². The number of rotatable bonds is 3. The van der Waals surface area contributed by atoms with Gasteiger partial charge < -0.3 is 9.84 Å². The van der Waals surface area contributed by atoms with Gasteiger partial charge in [0.15, 0.2) is 6.10 Å². The predicted octanol–water partition coefficient (Wildman–Crippen LogP) is 1.73. The second kappa shape index (κ2) is 4.62. The third-order valence-electron chi connectivity index (χ3n) is 1.66. The first-order valence-corrected chi connectivity index (χ1v) is 4.20. The molecule has 0 saturated heterocycles. The first kappa shape index (κ1) is 9.74. The van der Waals surface area contributed by atoms with Gasteiger partial charge >= 0.3 is 0 Å². The molecule has 1 rings (SSSR count). The molecule has 3 heteroatoms. The highest BCUT2D eigenvalue weighted by Crippen LogP contribution is 2.13. The van der Waals surface area contributed by atoms with Gasteiger partial charge in [0, 0.05) is 0 Å². The van der Waals surface area contributed by atoms with E-state index < -0.39 is 6.10 Å². The van der Waals surface area contributed by atoms with Crippen molar-refractivity contribution in [3.63, 3.8) is 0 Å². The second-order valence-corrected chi connectivity index (χ2v) is 2.61. The number of hydrogen-bond donors (Lipinski definition) is 2. The van der Waals surface area contributed by atoms with Crippen LogP contribution < -0.4 is 0 Å². The normalized spacial score (nSPS) is 12.2. The smallest absolute Gasteiger partial charge is 0.214 e. The summed E-state index contributed by atoms with van der Waals surface area (Å²) in [5, 5.41) is 16.9. The zero-order valence-corrected chi connectivity index (χ0v) is 7.53. The molecule has 0 saturated carbocycles. The molecule has 3 nitrogen and oxygen atoms in total. The third kappa shape index (κ3) is 2.56. The number of aliphatic hydroxyl groups is 1. The van der Waals surface area contributed by atoms with Gasteiger partial charge in [-0.1, -0.05) is 30.3 Å². The molecule has 0 aliphatic carbocycles. The van der Waals surface area contributed by atoms with Crippen molar-refractivity contribution in [2.24, 2.45) is 0 Å². The molecule has 0 spiro atoms. The summed E-state index contributed by atoms with van der Waals surface area (Å²) in [6, 6.07) is 9.02. The molecule has 0 aliphatic rings. The highest BCUT2D eigenvalue weighted by Gasteiger charge is 2.13. The minimum Gasteiger partial charge on any atom is -0.479 e. The summed E-state index contributed by atoms with van der Waals surface area (Å²) in [5.74, 6) is -0.103. The highest BCUT2D eigenvalue weighted by molar-refractivity contribution is 5.78. The zero-order chi connectivity index (χ0) is 9.68. The van der Waals surface area contributed by atoms with Gasteiger partial charge in [0.05, 0.1) is 6.61 Å². The Kier molecular flexibility index (Phi) is 3.46. The Hall–Kier alpha value is -1.35. The van der Waals surface area contributed by atoms with E-state index in [4.69, 9.17) is 10.1 Å². The Morgan fingerprint density at radius 3 is 2.62 bits per heavy atom. The van der Waals surface area contributed by atoms with Crippen LogP contribution in [0, 0.1) is 5.41 Å². The van der Waals surface area contributed by atoms with E-state index >= 15 is 0 Å². The van der Waals surface area contributed by atoms with E-state index in [0.717, 1.165) is 0 Å². The maximum Gasteiger partial charge on any atom is 0.214 e. The number of hydrogen-bond acceptors (Lipinski definition) is 3. The Labute approximate surface area is 77.5 Å². The van der Waals surface area contributed by atoms with Crippen molar-refractivity contribution in [2.75, 3.05) is 6.61 Å². The quantitative estimate of drug-likeness (QED) is 0.548. The lowest BCUT2D eigenvalue weighted by Gasteiger charge is -2.11. The Morgan fingerprint density at radius 1 is 1.46 bits per heavy atom. The Morgan fingerprint density at radius 2 is 2.08 bits per heavy atom. The molecule has 1 atom stereocenters. The van der Waals surface area contributed by atoms with E-state index in [1.54, 1.807) is 19.1 Å². The molecule has 1 aromatic carbocycles. The van der Waals surface area contributed by atoms with Crippen molar-refractivity contribution >= 4 is 5.90 Å². The monoisotopic (exact) mass is 179 g/mol. The lowest BCUT2D eigenvalue weighted by molar-refractivity contribution is 0.190. The molecular formula is C10H13NO2. The van der Waals surface area contributed by atoms with Crippen molar-refractivity contribution in [1.82, 2.24) is 0 Å². The van der Waals surface area contributed by atoms with Gasteiger partial charge in [-0.15, -0.1) is 0 Å². The summed E-state index contributed by atoms with van der Waals surface area (Å²) in [7, 11) is 0. The number of benzene rings is 1. The molecule has 0 fully saturated rings. The van der Waals surface area contributed by atoms with Gasteiger partial charge in [0.2, 0.25) is 5.90 Å². The maximum absolute atomic E-state index is 9.57. The van der Waals surface area contributed by atoms with Crippen LogP contribution in [0.1, 0.15) is 18.6 Å². The highest BCUT2D eigenvalue weighted by atomic mass is 16.5. The van der Waals surface area contributed by atoms with E-state index in [1.807, 2.05) is 18.2 Å². The van der Waals surface area contributed by atoms with Gasteiger partial charge in [-0.25, -0.2) is 0 Å². The summed E-state index contributed by atoms with van der Waals surface area (Å²) in [4.78, 5) is 0. The fourth-order valence-corrected chi connectivity index (χ4v) is 1.02. The van der Waals surface area contributed by atoms with Crippen LogP contribution in [0.4, 0.5) is 0 Å². The summed E-state index contributed by atoms with van der Waals surface area (Å²) in [5.41, 5.74) is 0.681. The van der Waals surface area contributed by atoms with Crippen LogP contribution in [-0.2, 0) is 4.74 Å². The molecule has 0 heterocycles. The van der Waals surface area contributed by atoms with Crippen molar-refractivity contribution in [3.8, 4) is 0 Å². The average molecular weight is 179 g/mol. The summed E-state index contributed by atoms with van der Waals surface area (Å²) >= 11 is 0. The molecule has 0 bridgehead atoms. The van der Waals surface area contributed by atoms with Crippen molar-refractivity contribution < 1.29 is 9.84 Å². The number of nitrogens with one attached hydrogen (secondary N) is 1. The van der Waals surface area contributed by atoms with E-state index in [1.165, 1.54) is 0 Å². The molecule has 0 unspecified atom stereocenters. The minimum atomic E-state index is -0.943. The molecule has 0 radical (unpaired) electrons. The first-order chi connectivity index (χ1) is 6.25. The molecule has 0 aliphatic heterocycles. The van der Waals surface area contributed by atoms with Crippen LogP contribution in [0.25, 0.3) is 0 Å². The molecule has 1 aromatic rings. The van der Waals surface area contributed by atoms with Crippen LogP contribution in [-0.4, -0.2) is 17.6 Å². The second-order valence-electron chi connectivity index (χ2n) is 2.61. The lowest BCUT2D eigenvalue weighted by Crippen LogP contribution is -2.14. The Balaban J connectivity index is 2.68. The van der Waals surface area contributed by atoms with Crippen LogP contribution in [0.2, 0.25) is 0 Å². The van der Waals surface area contributed by atoms with E-state index in [0.29, 0.717) is 12.2 Å². The summed E-state index contributed by atoms with van der Waals surface area (Å²) in [6.45, 7) is 2.19. The van der Waals surface area contributed by atoms with E-state index in [-0.39, 0.29) is 5.90 Å². The molecule has 2 N–H and O–H groups in total. The first-order valence-electron chi connectivity index (χ1n) is 4.20. The van der Waals surface area contributed by atoms with Crippen LogP contribution in [0.15, 0.2) is 30.3 Å². The lowest BCUT2D eigenvalue weighted by atomic mass is 10.1. The fourth-order valence-electron chi connectivity index (χ4n) is 1.02. The van der Waals surface area contributed by atoms with Gasteiger partial charge in [0.1, 0.15) is 0 Å². The third-order valence-corrected chi connectivity index (χ3v) is 1.66.